The van der Waals surface area contributed by atoms with Crippen molar-refractivity contribution in [2.24, 2.45) is 11.8 Å². The summed E-state index contributed by atoms with van der Waals surface area (Å²) in [5.41, 5.74) is -1.07. The van der Waals surface area contributed by atoms with Crippen molar-refractivity contribution >= 4 is 17.7 Å². The van der Waals surface area contributed by atoms with Crippen LogP contribution in [-0.2, 0) is 19.1 Å². The molecule has 32 heavy (non-hydrogen) atoms. The Hall–Kier alpha value is -2.15. The lowest BCUT2D eigenvalue weighted by Crippen LogP contribution is -2.56. The van der Waals surface area contributed by atoms with Crippen LogP contribution in [0.15, 0.2) is 24.8 Å². The molecule has 2 saturated carbocycles. The van der Waals surface area contributed by atoms with E-state index in [1.807, 2.05) is 12.2 Å². The minimum atomic E-state index is -1.07. The Morgan fingerprint density at radius 2 is 1.62 bits per heavy atom. The molecule has 0 radical (unpaired) electrons. The summed E-state index contributed by atoms with van der Waals surface area (Å²) in [6.07, 6.45) is 15.7. The highest BCUT2D eigenvalue weighted by atomic mass is 16.5. The van der Waals surface area contributed by atoms with Crippen LogP contribution >= 0.6 is 0 Å². The molecule has 5 aliphatic rings. The van der Waals surface area contributed by atoms with Gasteiger partial charge < -0.3 is 20.3 Å². The van der Waals surface area contributed by atoms with Gasteiger partial charge in [-0.2, -0.15) is 0 Å². The van der Waals surface area contributed by atoms with Crippen molar-refractivity contribution in [2.75, 3.05) is 6.54 Å². The van der Waals surface area contributed by atoms with E-state index in [4.69, 9.17) is 4.74 Å². The standard InChI is InChI=1S/C25H35N3O4/c1-2-15-28-21(23(30)27-17-11-7-4-8-12-17)25-14-13-18(32-25)19(20(25)24(28)31)22(29)26-16-9-5-3-6-10-16/h2,13-14,16-21H,1,3-12,15H2,(H,26,29)(H,27,30)/t18-,19+,20+,21+,25+/m1/s1. The van der Waals surface area contributed by atoms with Gasteiger partial charge in [0.1, 0.15) is 11.6 Å². The average Bonchev–Trinajstić information content (AvgIpc) is 3.43. The van der Waals surface area contributed by atoms with Crippen LogP contribution < -0.4 is 10.6 Å². The van der Waals surface area contributed by atoms with Gasteiger partial charge in [0.05, 0.1) is 17.9 Å². The second-order valence-electron chi connectivity index (χ2n) is 10.2. The summed E-state index contributed by atoms with van der Waals surface area (Å²) >= 11 is 0. The molecule has 5 rings (SSSR count). The van der Waals surface area contributed by atoms with Gasteiger partial charge in [0.15, 0.2) is 0 Å². The Bertz CT molecular complexity index is 814. The van der Waals surface area contributed by atoms with E-state index in [9.17, 15) is 14.4 Å². The monoisotopic (exact) mass is 441 g/mol. The Morgan fingerprint density at radius 3 is 2.22 bits per heavy atom. The van der Waals surface area contributed by atoms with Gasteiger partial charge >= 0.3 is 0 Å². The predicted octanol–water partition coefficient (Wildman–Crippen LogP) is 2.22. The molecule has 0 aromatic rings. The minimum Gasteiger partial charge on any atom is -0.359 e. The van der Waals surface area contributed by atoms with Crippen molar-refractivity contribution in [2.45, 2.75) is 94.0 Å². The molecule has 5 atom stereocenters. The minimum absolute atomic E-state index is 0.113. The van der Waals surface area contributed by atoms with Crippen LogP contribution in [-0.4, -0.2) is 59.0 Å². The summed E-state index contributed by atoms with van der Waals surface area (Å²) in [6.45, 7) is 4.05. The third-order valence-electron chi connectivity index (χ3n) is 8.15. The van der Waals surface area contributed by atoms with Gasteiger partial charge in [-0.25, -0.2) is 0 Å². The highest BCUT2D eigenvalue weighted by molar-refractivity contribution is 6.00. The number of carbonyl (C=O) groups excluding carboxylic acids is 3. The number of nitrogens with one attached hydrogen (secondary N) is 2. The number of ether oxygens (including phenoxy) is 1. The molecule has 7 heteroatoms. The molecule has 0 unspecified atom stereocenters. The maximum absolute atomic E-state index is 13.6. The summed E-state index contributed by atoms with van der Waals surface area (Å²) in [5, 5.41) is 6.38. The molecular formula is C25H35N3O4. The fourth-order valence-electron chi connectivity index (χ4n) is 6.67. The summed E-state index contributed by atoms with van der Waals surface area (Å²) in [5.74, 6) is -1.71. The number of fused-ring (bicyclic) bond motifs is 1. The van der Waals surface area contributed by atoms with Crippen LogP contribution in [0.5, 0.6) is 0 Å². The zero-order valence-electron chi connectivity index (χ0n) is 18.8. The smallest absolute Gasteiger partial charge is 0.246 e. The Labute approximate surface area is 190 Å². The van der Waals surface area contributed by atoms with Crippen molar-refractivity contribution in [3.8, 4) is 0 Å². The molecule has 2 aliphatic carbocycles. The third kappa shape index (κ3) is 3.49. The van der Waals surface area contributed by atoms with E-state index in [1.165, 1.54) is 12.8 Å². The molecular weight excluding hydrogens is 406 g/mol. The average molecular weight is 442 g/mol. The van der Waals surface area contributed by atoms with Gasteiger partial charge in [-0.05, 0) is 25.7 Å². The first-order chi connectivity index (χ1) is 15.5. The lowest BCUT2D eigenvalue weighted by atomic mass is 9.74. The second-order valence-corrected chi connectivity index (χ2v) is 10.2. The van der Waals surface area contributed by atoms with Crippen LogP contribution in [0, 0.1) is 11.8 Å². The van der Waals surface area contributed by atoms with Gasteiger partial charge in [0.2, 0.25) is 17.7 Å². The molecule has 3 heterocycles. The SMILES string of the molecule is C=CCN1C(=O)[C@@H]2[C@@H](C(=O)NC3CCCCC3)[C@H]3C=C[C@@]2(O3)[C@@H]1C(=O)NC1CCCCC1. The number of nitrogens with zero attached hydrogens (tertiary/aromatic N) is 1. The summed E-state index contributed by atoms with van der Waals surface area (Å²) < 4.78 is 6.35. The Balaban J connectivity index is 1.39. The summed E-state index contributed by atoms with van der Waals surface area (Å²) in [7, 11) is 0. The molecule has 1 spiro atoms. The van der Waals surface area contributed by atoms with Gasteiger partial charge in [-0.3, -0.25) is 14.4 Å². The largest absolute Gasteiger partial charge is 0.359 e. The van der Waals surface area contributed by atoms with Gasteiger partial charge in [-0.15, -0.1) is 6.58 Å². The van der Waals surface area contributed by atoms with E-state index in [0.29, 0.717) is 0 Å². The molecule has 0 aromatic carbocycles. The number of rotatable bonds is 6. The molecule has 2 bridgehead atoms. The van der Waals surface area contributed by atoms with E-state index in [-0.39, 0.29) is 36.3 Å². The molecule has 2 N–H and O–H groups in total. The number of carbonyl (C=O) groups is 3. The number of hydrogen-bond donors (Lipinski definition) is 2. The van der Waals surface area contributed by atoms with Crippen molar-refractivity contribution in [3.63, 3.8) is 0 Å². The Morgan fingerprint density at radius 1 is 1.03 bits per heavy atom. The number of hydrogen-bond acceptors (Lipinski definition) is 4. The van der Waals surface area contributed by atoms with Crippen molar-refractivity contribution in [3.05, 3.63) is 24.8 Å². The van der Waals surface area contributed by atoms with Gasteiger partial charge in [0, 0.05) is 18.6 Å². The quantitative estimate of drug-likeness (QED) is 0.619. The number of amides is 3. The molecule has 174 valence electrons. The third-order valence-corrected chi connectivity index (χ3v) is 8.15. The van der Waals surface area contributed by atoms with Crippen molar-refractivity contribution < 1.29 is 19.1 Å². The highest BCUT2D eigenvalue weighted by Crippen LogP contribution is 2.55. The lowest BCUT2D eigenvalue weighted by molar-refractivity contribution is -0.141. The van der Waals surface area contributed by atoms with E-state index in [1.54, 1.807) is 11.0 Å². The van der Waals surface area contributed by atoms with Crippen LogP contribution in [0.4, 0.5) is 0 Å². The van der Waals surface area contributed by atoms with E-state index >= 15 is 0 Å². The lowest BCUT2D eigenvalue weighted by Gasteiger charge is -2.33. The molecule has 3 aliphatic heterocycles. The first-order valence-corrected chi connectivity index (χ1v) is 12.4. The first kappa shape index (κ1) is 21.7. The normalized spacial score (nSPS) is 36.9. The van der Waals surface area contributed by atoms with E-state index < -0.39 is 29.6 Å². The number of likely N-dealkylation sites (tertiary alicyclic amines) is 1. The van der Waals surface area contributed by atoms with Crippen molar-refractivity contribution in [1.82, 2.24) is 15.5 Å². The fraction of sp³-hybridized carbons (Fsp3) is 0.720. The van der Waals surface area contributed by atoms with Gasteiger partial charge in [-0.1, -0.05) is 56.8 Å². The Kier molecular flexibility index (Phi) is 5.86. The molecule has 2 saturated heterocycles. The van der Waals surface area contributed by atoms with Crippen molar-refractivity contribution in [1.29, 1.82) is 0 Å². The topological polar surface area (TPSA) is 87.7 Å². The molecule has 3 amide bonds. The second kappa shape index (κ2) is 8.65. The molecule has 0 aromatic heterocycles. The van der Waals surface area contributed by atoms with Crippen LogP contribution in [0.2, 0.25) is 0 Å². The maximum atomic E-state index is 13.6. The fourth-order valence-corrected chi connectivity index (χ4v) is 6.67. The summed E-state index contributed by atoms with van der Waals surface area (Å²) in [6, 6.07) is -0.462. The van der Waals surface area contributed by atoms with E-state index in [0.717, 1.165) is 51.4 Å². The highest BCUT2D eigenvalue weighted by Gasteiger charge is 2.72. The zero-order chi connectivity index (χ0) is 22.3. The van der Waals surface area contributed by atoms with Crippen LogP contribution in [0.1, 0.15) is 64.2 Å². The molecule has 4 fully saturated rings. The molecule has 7 nitrogen and oxygen atoms in total. The van der Waals surface area contributed by atoms with E-state index in [2.05, 4.69) is 17.2 Å². The maximum Gasteiger partial charge on any atom is 0.246 e. The predicted molar refractivity (Wildman–Crippen MR) is 119 cm³/mol. The van der Waals surface area contributed by atoms with Gasteiger partial charge in [0.25, 0.3) is 0 Å². The first-order valence-electron chi connectivity index (χ1n) is 12.4. The summed E-state index contributed by atoms with van der Waals surface area (Å²) in [4.78, 5) is 42.0. The zero-order valence-corrected chi connectivity index (χ0v) is 18.8. The van der Waals surface area contributed by atoms with Crippen LogP contribution in [0.3, 0.4) is 0 Å². The van der Waals surface area contributed by atoms with Crippen LogP contribution in [0.25, 0.3) is 0 Å².